The highest BCUT2D eigenvalue weighted by Crippen LogP contribution is 2.22. The zero-order valence-electron chi connectivity index (χ0n) is 11.9. The van der Waals surface area contributed by atoms with Crippen LogP contribution in [-0.2, 0) is 4.74 Å². The number of halogens is 1. The molecule has 1 atom stereocenters. The summed E-state index contributed by atoms with van der Waals surface area (Å²) in [6, 6.07) is 5.28. The normalized spacial score (nSPS) is 12.1. The molecule has 0 aliphatic rings. The number of amides is 1. The van der Waals surface area contributed by atoms with Gasteiger partial charge in [0.05, 0.1) is 18.2 Å². The maximum Gasteiger partial charge on any atom is 0.256 e. The third-order valence-electron chi connectivity index (χ3n) is 3.02. The molecule has 1 unspecified atom stereocenters. The van der Waals surface area contributed by atoms with E-state index in [1.54, 1.807) is 31.2 Å². The van der Waals surface area contributed by atoms with Crippen LogP contribution in [0.5, 0.6) is 0 Å². The Balaban J connectivity index is 3.06. The van der Waals surface area contributed by atoms with Crippen molar-refractivity contribution < 1.29 is 9.53 Å². The van der Waals surface area contributed by atoms with Gasteiger partial charge in [0.25, 0.3) is 5.91 Å². The van der Waals surface area contributed by atoms with Crippen LogP contribution in [-0.4, -0.2) is 44.2 Å². The monoisotopic (exact) mass is 284 g/mol. The maximum atomic E-state index is 12.6. The van der Waals surface area contributed by atoms with Crippen LogP contribution in [0.2, 0.25) is 5.02 Å². The number of rotatable bonds is 6. The van der Waals surface area contributed by atoms with Gasteiger partial charge in [-0.3, -0.25) is 4.79 Å². The summed E-state index contributed by atoms with van der Waals surface area (Å²) >= 11 is 5.98. The number of likely N-dealkylation sites (N-methyl/N-ethyl adjacent to an activating group) is 1. The fourth-order valence-corrected chi connectivity index (χ4v) is 2.22. The highest BCUT2D eigenvalue weighted by molar-refractivity contribution is 6.31. The third kappa shape index (κ3) is 3.85. The number of nitrogens with one attached hydrogen (secondary N) is 1. The summed E-state index contributed by atoms with van der Waals surface area (Å²) < 4.78 is 5.12. The van der Waals surface area contributed by atoms with Crippen LogP contribution < -0.4 is 5.32 Å². The summed E-state index contributed by atoms with van der Waals surface area (Å²) in [5.74, 6) is -0.0427. The topological polar surface area (TPSA) is 41.6 Å². The summed E-state index contributed by atoms with van der Waals surface area (Å²) in [4.78, 5) is 14.4. The van der Waals surface area contributed by atoms with Crippen LogP contribution in [0.4, 0.5) is 5.69 Å². The molecular formula is C14H21ClN2O2. The quantitative estimate of drug-likeness (QED) is 0.873. The number of carbonyl (C=O) groups is 1. The van der Waals surface area contributed by atoms with Crippen molar-refractivity contribution in [2.75, 3.05) is 32.6 Å². The molecule has 1 rings (SSSR count). The van der Waals surface area contributed by atoms with E-state index in [-0.39, 0.29) is 11.9 Å². The second kappa shape index (κ2) is 7.36. The van der Waals surface area contributed by atoms with Crippen molar-refractivity contribution in [1.29, 1.82) is 0 Å². The molecule has 5 heteroatoms. The van der Waals surface area contributed by atoms with Crippen LogP contribution in [0.1, 0.15) is 24.2 Å². The Labute approximate surface area is 119 Å². The minimum atomic E-state index is -0.0427. The predicted octanol–water partition coefficient (Wildman–Crippen LogP) is 2.88. The molecule has 0 saturated heterocycles. The lowest BCUT2D eigenvalue weighted by Crippen LogP contribution is -2.41. The first-order valence-corrected chi connectivity index (χ1v) is 6.70. The zero-order valence-corrected chi connectivity index (χ0v) is 12.6. The largest absolute Gasteiger partial charge is 0.387 e. The molecule has 0 fully saturated rings. The van der Waals surface area contributed by atoms with E-state index in [1.807, 2.05) is 19.9 Å². The maximum absolute atomic E-state index is 12.6. The van der Waals surface area contributed by atoms with E-state index in [1.165, 1.54) is 0 Å². The number of hydrogen-bond acceptors (Lipinski definition) is 3. The van der Waals surface area contributed by atoms with Crippen LogP contribution in [0.25, 0.3) is 0 Å². The second-order valence-electron chi connectivity index (χ2n) is 4.34. The molecule has 4 nitrogen and oxygen atoms in total. The molecule has 0 radical (unpaired) electrons. The Kier molecular flexibility index (Phi) is 6.12. The van der Waals surface area contributed by atoms with Gasteiger partial charge in [-0.1, -0.05) is 11.6 Å². The van der Waals surface area contributed by atoms with Crippen molar-refractivity contribution in [2.45, 2.75) is 19.9 Å². The van der Waals surface area contributed by atoms with E-state index in [9.17, 15) is 4.79 Å². The van der Waals surface area contributed by atoms with Crippen molar-refractivity contribution in [3.8, 4) is 0 Å². The molecule has 0 aliphatic carbocycles. The minimum Gasteiger partial charge on any atom is -0.387 e. The molecule has 1 N–H and O–H groups in total. The van der Waals surface area contributed by atoms with E-state index in [0.29, 0.717) is 23.7 Å². The van der Waals surface area contributed by atoms with Gasteiger partial charge < -0.3 is 15.0 Å². The minimum absolute atomic E-state index is 0.0196. The van der Waals surface area contributed by atoms with Gasteiger partial charge in [-0.25, -0.2) is 0 Å². The molecule has 0 heterocycles. The molecule has 0 spiro atoms. The Morgan fingerprint density at radius 2 is 2.21 bits per heavy atom. The van der Waals surface area contributed by atoms with Gasteiger partial charge in [-0.2, -0.15) is 0 Å². The number of anilines is 1. The molecule has 0 saturated carbocycles. The van der Waals surface area contributed by atoms with E-state index in [4.69, 9.17) is 16.3 Å². The van der Waals surface area contributed by atoms with Crippen molar-refractivity contribution in [3.05, 3.63) is 28.8 Å². The lowest BCUT2D eigenvalue weighted by molar-refractivity contribution is 0.0580. The number of carbonyl (C=O) groups excluding carboxylic acids is 1. The van der Waals surface area contributed by atoms with Gasteiger partial charge >= 0.3 is 0 Å². The molecular weight excluding hydrogens is 264 g/mol. The van der Waals surface area contributed by atoms with Crippen LogP contribution in [0, 0.1) is 0 Å². The lowest BCUT2D eigenvalue weighted by atomic mass is 10.1. The molecule has 0 aliphatic heterocycles. The smallest absolute Gasteiger partial charge is 0.256 e. The summed E-state index contributed by atoms with van der Waals surface area (Å²) in [6.07, 6.45) is 0. The Bertz CT molecular complexity index is 437. The van der Waals surface area contributed by atoms with Gasteiger partial charge in [0.2, 0.25) is 0 Å². The number of ether oxygens (including phenoxy) is 1. The van der Waals surface area contributed by atoms with Crippen molar-refractivity contribution >= 4 is 23.2 Å². The fraction of sp³-hybridized carbons (Fsp3) is 0.500. The number of hydrogen-bond donors (Lipinski definition) is 1. The molecule has 106 valence electrons. The van der Waals surface area contributed by atoms with E-state index < -0.39 is 0 Å². The summed E-state index contributed by atoms with van der Waals surface area (Å²) in [6.45, 7) is 5.05. The van der Waals surface area contributed by atoms with Gasteiger partial charge in [-0.05, 0) is 32.0 Å². The first kappa shape index (κ1) is 15.8. The number of nitrogens with zero attached hydrogens (tertiary/aromatic N) is 1. The van der Waals surface area contributed by atoms with Crippen LogP contribution >= 0.6 is 11.6 Å². The molecule has 0 bridgehead atoms. The molecule has 0 aromatic heterocycles. The second-order valence-corrected chi connectivity index (χ2v) is 4.77. The van der Waals surface area contributed by atoms with Gasteiger partial charge in [0.15, 0.2) is 0 Å². The first-order chi connectivity index (χ1) is 9.04. The van der Waals surface area contributed by atoms with E-state index in [0.717, 1.165) is 5.69 Å². The first-order valence-electron chi connectivity index (χ1n) is 6.32. The van der Waals surface area contributed by atoms with Crippen molar-refractivity contribution in [1.82, 2.24) is 4.90 Å². The van der Waals surface area contributed by atoms with Crippen LogP contribution in [0.3, 0.4) is 0 Å². The Morgan fingerprint density at radius 3 is 2.74 bits per heavy atom. The SMILES string of the molecule is CCN(C(=O)c1cc(Cl)ccc1NC)C(C)COC. The van der Waals surface area contributed by atoms with Gasteiger partial charge in [-0.15, -0.1) is 0 Å². The highest BCUT2D eigenvalue weighted by Gasteiger charge is 2.22. The highest BCUT2D eigenvalue weighted by atomic mass is 35.5. The number of methoxy groups -OCH3 is 1. The standard InChI is InChI=1S/C14H21ClN2O2/c1-5-17(10(2)9-19-4)14(18)12-8-11(15)6-7-13(12)16-3/h6-8,10,16H,5,9H2,1-4H3. The molecule has 19 heavy (non-hydrogen) atoms. The molecule has 1 amide bonds. The van der Waals surface area contributed by atoms with E-state index >= 15 is 0 Å². The summed E-state index contributed by atoms with van der Waals surface area (Å²) in [5.41, 5.74) is 1.36. The summed E-state index contributed by atoms with van der Waals surface area (Å²) in [7, 11) is 3.42. The zero-order chi connectivity index (χ0) is 14.4. The summed E-state index contributed by atoms with van der Waals surface area (Å²) in [5, 5.41) is 3.57. The Hall–Kier alpha value is -1.26. The van der Waals surface area contributed by atoms with Crippen LogP contribution in [0.15, 0.2) is 18.2 Å². The average Bonchev–Trinajstić information content (AvgIpc) is 2.39. The predicted molar refractivity (Wildman–Crippen MR) is 79.0 cm³/mol. The fourth-order valence-electron chi connectivity index (χ4n) is 2.05. The Morgan fingerprint density at radius 1 is 1.53 bits per heavy atom. The average molecular weight is 285 g/mol. The van der Waals surface area contributed by atoms with E-state index in [2.05, 4.69) is 5.32 Å². The van der Waals surface area contributed by atoms with Gasteiger partial charge in [0, 0.05) is 31.4 Å². The van der Waals surface area contributed by atoms with Crippen molar-refractivity contribution in [2.24, 2.45) is 0 Å². The number of benzene rings is 1. The van der Waals surface area contributed by atoms with Crippen molar-refractivity contribution in [3.63, 3.8) is 0 Å². The third-order valence-corrected chi connectivity index (χ3v) is 3.26. The van der Waals surface area contributed by atoms with Gasteiger partial charge in [0.1, 0.15) is 0 Å². The lowest BCUT2D eigenvalue weighted by Gasteiger charge is -2.28. The molecule has 1 aromatic carbocycles. The molecule has 1 aromatic rings.